The SMILES string of the molecule is CC1=C(O[C@@H](C)C(=O)c2ccc(Cl)cc2)C(C)(C)[C@H](c2ccccc2)OC1=O. The number of esters is 1. The van der Waals surface area contributed by atoms with Gasteiger partial charge < -0.3 is 9.47 Å². The van der Waals surface area contributed by atoms with Crippen LogP contribution in [0.5, 0.6) is 0 Å². The smallest absolute Gasteiger partial charge is 0.337 e. The summed E-state index contributed by atoms with van der Waals surface area (Å²) in [6.45, 7) is 7.26. The number of carbonyl (C=O) groups excluding carboxylic acids is 2. The quantitative estimate of drug-likeness (QED) is 0.491. The van der Waals surface area contributed by atoms with Crippen LogP contribution >= 0.6 is 11.6 Å². The highest BCUT2D eigenvalue weighted by Gasteiger charge is 2.45. The summed E-state index contributed by atoms with van der Waals surface area (Å²) >= 11 is 5.90. The molecule has 1 aliphatic rings. The second-order valence-electron chi connectivity index (χ2n) is 7.50. The Balaban J connectivity index is 1.90. The minimum absolute atomic E-state index is 0.178. The first-order valence-electron chi connectivity index (χ1n) is 9.15. The van der Waals surface area contributed by atoms with Crippen molar-refractivity contribution in [3.8, 4) is 0 Å². The molecular weight excluding hydrogens is 376 g/mol. The van der Waals surface area contributed by atoms with Crippen LogP contribution in [-0.2, 0) is 14.3 Å². The molecule has 2 atom stereocenters. The normalized spacial score (nSPS) is 19.8. The fourth-order valence-electron chi connectivity index (χ4n) is 3.47. The van der Waals surface area contributed by atoms with Gasteiger partial charge in [-0.2, -0.15) is 0 Å². The third-order valence-corrected chi connectivity index (χ3v) is 5.26. The Morgan fingerprint density at radius 1 is 1.11 bits per heavy atom. The third kappa shape index (κ3) is 3.83. The number of ketones is 1. The van der Waals surface area contributed by atoms with Crippen LogP contribution in [-0.4, -0.2) is 17.9 Å². The van der Waals surface area contributed by atoms with E-state index >= 15 is 0 Å². The molecule has 1 aliphatic heterocycles. The number of benzene rings is 2. The Morgan fingerprint density at radius 3 is 2.32 bits per heavy atom. The van der Waals surface area contributed by atoms with Gasteiger partial charge in [0.2, 0.25) is 5.78 Å². The zero-order valence-corrected chi connectivity index (χ0v) is 17.1. The summed E-state index contributed by atoms with van der Waals surface area (Å²) in [5.41, 5.74) is 1.14. The molecule has 0 fully saturated rings. The second-order valence-corrected chi connectivity index (χ2v) is 7.94. The molecule has 0 saturated carbocycles. The third-order valence-electron chi connectivity index (χ3n) is 5.01. The van der Waals surface area contributed by atoms with E-state index in [1.807, 2.05) is 44.2 Å². The molecule has 5 heteroatoms. The van der Waals surface area contributed by atoms with Gasteiger partial charge in [-0.15, -0.1) is 0 Å². The van der Waals surface area contributed by atoms with E-state index in [2.05, 4.69) is 0 Å². The minimum Gasteiger partial charge on any atom is -0.486 e. The summed E-state index contributed by atoms with van der Waals surface area (Å²) in [4.78, 5) is 25.2. The van der Waals surface area contributed by atoms with Crippen LogP contribution in [0.15, 0.2) is 65.9 Å². The standard InChI is InChI=1S/C23H23ClO4/c1-14-20(27-15(2)19(25)16-10-12-18(24)13-11-16)23(3,4)21(28-22(14)26)17-8-6-5-7-9-17/h5-13,15,21H,1-4H3/t15-,21-/m0/s1. The van der Waals surface area contributed by atoms with Crippen molar-refractivity contribution in [2.24, 2.45) is 5.41 Å². The Kier molecular flexibility index (Phi) is 5.61. The Labute approximate surface area is 170 Å². The highest BCUT2D eigenvalue weighted by atomic mass is 35.5. The van der Waals surface area contributed by atoms with E-state index in [9.17, 15) is 9.59 Å². The van der Waals surface area contributed by atoms with Crippen molar-refractivity contribution in [1.82, 2.24) is 0 Å². The van der Waals surface area contributed by atoms with Crippen LogP contribution < -0.4 is 0 Å². The fourth-order valence-corrected chi connectivity index (χ4v) is 3.60. The molecule has 28 heavy (non-hydrogen) atoms. The molecule has 146 valence electrons. The molecule has 0 aromatic heterocycles. The molecular formula is C23H23ClO4. The number of hydrogen-bond donors (Lipinski definition) is 0. The first kappa shape index (κ1) is 20.2. The van der Waals surface area contributed by atoms with Gasteiger partial charge in [-0.1, -0.05) is 41.9 Å². The lowest BCUT2D eigenvalue weighted by Gasteiger charge is -2.40. The highest BCUT2D eigenvalue weighted by molar-refractivity contribution is 6.30. The molecule has 4 nitrogen and oxygen atoms in total. The minimum atomic E-state index is -0.757. The van der Waals surface area contributed by atoms with Crippen molar-refractivity contribution in [3.63, 3.8) is 0 Å². The van der Waals surface area contributed by atoms with E-state index in [0.717, 1.165) is 5.56 Å². The van der Waals surface area contributed by atoms with Gasteiger partial charge in [0.1, 0.15) is 11.9 Å². The lowest BCUT2D eigenvalue weighted by Crippen LogP contribution is -2.38. The lowest BCUT2D eigenvalue weighted by molar-refractivity contribution is -0.156. The van der Waals surface area contributed by atoms with E-state index in [0.29, 0.717) is 21.9 Å². The maximum Gasteiger partial charge on any atom is 0.337 e. The maximum atomic E-state index is 12.8. The van der Waals surface area contributed by atoms with E-state index in [1.165, 1.54) is 0 Å². The summed E-state index contributed by atoms with van der Waals surface area (Å²) < 4.78 is 11.8. The molecule has 0 amide bonds. The lowest BCUT2D eigenvalue weighted by atomic mass is 9.77. The van der Waals surface area contributed by atoms with Crippen molar-refractivity contribution in [1.29, 1.82) is 0 Å². The number of cyclic esters (lactones) is 1. The molecule has 1 heterocycles. The number of halogens is 1. The Hall–Kier alpha value is -2.59. The number of carbonyl (C=O) groups is 2. The fraction of sp³-hybridized carbons (Fsp3) is 0.304. The maximum absolute atomic E-state index is 12.8. The average Bonchev–Trinajstić information content (AvgIpc) is 2.68. The molecule has 0 bridgehead atoms. The van der Waals surface area contributed by atoms with E-state index in [4.69, 9.17) is 21.1 Å². The van der Waals surface area contributed by atoms with Crippen LogP contribution in [0.3, 0.4) is 0 Å². The average molecular weight is 399 g/mol. The van der Waals surface area contributed by atoms with Gasteiger partial charge in [-0.05, 0) is 57.5 Å². The summed E-state index contributed by atoms with van der Waals surface area (Å²) in [7, 11) is 0. The van der Waals surface area contributed by atoms with E-state index < -0.39 is 23.6 Å². The van der Waals surface area contributed by atoms with Gasteiger partial charge in [0.15, 0.2) is 6.10 Å². The summed E-state index contributed by atoms with van der Waals surface area (Å²) in [5.74, 6) is -0.135. The first-order chi connectivity index (χ1) is 13.2. The van der Waals surface area contributed by atoms with Gasteiger partial charge in [0.05, 0.1) is 11.0 Å². The van der Waals surface area contributed by atoms with Gasteiger partial charge in [0, 0.05) is 10.6 Å². The van der Waals surface area contributed by atoms with Gasteiger partial charge >= 0.3 is 5.97 Å². The molecule has 0 saturated heterocycles. The van der Waals surface area contributed by atoms with Gasteiger partial charge in [0.25, 0.3) is 0 Å². The van der Waals surface area contributed by atoms with E-state index in [1.54, 1.807) is 38.1 Å². The molecule has 0 radical (unpaired) electrons. The number of ether oxygens (including phenoxy) is 2. The predicted molar refractivity (Wildman–Crippen MR) is 108 cm³/mol. The number of rotatable bonds is 5. The monoisotopic (exact) mass is 398 g/mol. The van der Waals surface area contributed by atoms with Crippen molar-refractivity contribution >= 4 is 23.4 Å². The van der Waals surface area contributed by atoms with Crippen molar-refractivity contribution in [3.05, 3.63) is 82.1 Å². The zero-order chi connectivity index (χ0) is 20.5. The highest BCUT2D eigenvalue weighted by Crippen LogP contribution is 2.48. The van der Waals surface area contributed by atoms with Gasteiger partial charge in [-0.25, -0.2) is 4.79 Å². The van der Waals surface area contributed by atoms with Crippen molar-refractivity contribution in [2.45, 2.75) is 39.9 Å². The van der Waals surface area contributed by atoms with Crippen molar-refractivity contribution < 1.29 is 19.1 Å². The van der Waals surface area contributed by atoms with Gasteiger partial charge in [-0.3, -0.25) is 4.79 Å². The molecule has 2 aromatic carbocycles. The number of Topliss-reactive ketones (excluding diaryl/α,β-unsaturated/α-hetero) is 1. The Morgan fingerprint density at radius 2 is 1.71 bits per heavy atom. The molecule has 3 rings (SSSR count). The zero-order valence-electron chi connectivity index (χ0n) is 16.4. The predicted octanol–water partition coefficient (Wildman–Crippen LogP) is 5.53. The van der Waals surface area contributed by atoms with Crippen molar-refractivity contribution in [2.75, 3.05) is 0 Å². The number of hydrogen-bond acceptors (Lipinski definition) is 4. The first-order valence-corrected chi connectivity index (χ1v) is 9.53. The largest absolute Gasteiger partial charge is 0.486 e. The van der Waals surface area contributed by atoms with Crippen LogP contribution in [0.25, 0.3) is 0 Å². The summed E-state index contributed by atoms with van der Waals surface area (Å²) in [6.07, 6.45) is -1.26. The molecule has 0 aliphatic carbocycles. The molecule has 2 aromatic rings. The summed E-state index contributed by atoms with van der Waals surface area (Å²) in [6, 6.07) is 16.2. The Bertz CT molecular complexity index is 913. The van der Waals surface area contributed by atoms with Crippen LogP contribution in [0.4, 0.5) is 0 Å². The second kappa shape index (κ2) is 7.80. The topological polar surface area (TPSA) is 52.6 Å². The van der Waals surface area contributed by atoms with Crippen LogP contribution in [0.1, 0.15) is 49.7 Å². The van der Waals surface area contributed by atoms with Crippen LogP contribution in [0, 0.1) is 5.41 Å². The van der Waals surface area contributed by atoms with Crippen LogP contribution in [0.2, 0.25) is 5.02 Å². The molecule has 0 unspecified atom stereocenters. The molecule has 0 spiro atoms. The molecule has 0 N–H and O–H groups in total. The summed E-state index contributed by atoms with van der Waals surface area (Å²) in [5, 5.41) is 0.561. The van der Waals surface area contributed by atoms with E-state index in [-0.39, 0.29) is 5.78 Å².